The highest BCUT2D eigenvalue weighted by Gasteiger charge is 2.35. The number of benzene rings is 3. The van der Waals surface area contributed by atoms with Crippen molar-refractivity contribution in [3.8, 4) is 11.5 Å². The molecule has 4 rings (SSSR count). The standard InChI is InChI=1S/C28H25BrN4O7/c1-3-39-24-14-19(12-22(29)26(24)40-16-18-5-4-6-21(11-18)33(37)38)13-23-27(35)32(28(36)31-23)15-25(34)30-20-9-7-17(2)8-10-20/h4-14H,3,15-16H2,1-2H3,(H,30,34)(H,31,36)/b23-13+. The maximum atomic E-state index is 12.9. The number of carbonyl (C=O) groups excluding carboxylic acids is 3. The first-order chi connectivity index (χ1) is 19.1. The fraction of sp³-hybridized carbons (Fsp3) is 0.179. The normalized spacial score (nSPS) is 13.8. The lowest BCUT2D eigenvalue weighted by molar-refractivity contribution is -0.384. The molecule has 1 heterocycles. The first-order valence-electron chi connectivity index (χ1n) is 12.2. The van der Waals surface area contributed by atoms with Crippen LogP contribution in [-0.2, 0) is 16.2 Å². The van der Waals surface area contributed by atoms with Crippen molar-refractivity contribution in [1.29, 1.82) is 0 Å². The van der Waals surface area contributed by atoms with Crippen molar-refractivity contribution < 1.29 is 28.8 Å². The van der Waals surface area contributed by atoms with E-state index >= 15 is 0 Å². The maximum absolute atomic E-state index is 12.9. The van der Waals surface area contributed by atoms with Gasteiger partial charge in [-0.25, -0.2) is 9.69 Å². The number of nitro benzene ring substituents is 1. The number of urea groups is 1. The number of nitrogens with one attached hydrogen (secondary N) is 2. The van der Waals surface area contributed by atoms with E-state index in [0.29, 0.717) is 39.4 Å². The Bertz CT molecular complexity index is 1500. The lowest BCUT2D eigenvalue weighted by Crippen LogP contribution is -2.38. The first-order valence-corrected chi connectivity index (χ1v) is 13.0. The van der Waals surface area contributed by atoms with Gasteiger partial charge in [0.1, 0.15) is 18.8 Å². The summed E-state index contributed by atoms with van der Waals surface area (Å²) in [6.07, 6.45) is 1.47. The van der Waals surface area contributed by atoms with E-state index in [1.165, 1.54) is 18.2 Å². The van der Waals surface area contributed by atoms with Gasteiger partial charge in [-0.15, -0.1) is 0 Å². The summed E-state index contributed by atoms with van der Waals surface area (Å²) in [6.45, 7) is 3.63. The number of amides is 4. The Labute approximate surface area is 238 Å². The molecule has 11 nitrogen and oxygen atoms in total. The summed E-state index contributed by atoms with van der Waals surface area (Å²) in [5.74, 6) is -0.434. The zero-order valence-electron chi connectivity index (χ0n) is 21.6. The van der Waals surface area contributed by atoms with Crippen LogP contribution in [0.5, 0.6) is 11.5 Å². The average Bonchev–Trinajstić information content (AvgIpc) is 3.17. The zero-order valence-corrected chi connectivity index (χ0v) is 23.2. The van der Waals surface area contributed by atoms with Gasteiger partial charge in [-0.1, -0.05) is 29.8 Å². The number of rotatable bonds is 10. The molecule has 1 saturated heterocycles. The van der Waals surface area contributed by atoms with Crippen LogP contribution in [0.3, 0.4) is 0 Å². The number of anilines is 1. The molecule has 1 fully saturated rings. The van der Waals surface area contributed by atoms with Crippen LogP contribution < -0.4 is 20.1 Å². The largest absolute Gasteiger partial charge is 0.490 e. The molecule has 0 aromatic heterocycles. The summed E-state index contributed by atoms with van der Waals surface area (Å²) in [5, 5.41) is 16.2. The Morgan fingerprint density at radius 1 is 1.12 bits per heavy atom. The Kier molecular flexibility index (Phi) is 8.80. The van der Waals surface area contributed by atoms with Gasteiger partial charge in [0.15, 0.2) is 11.5 Å². The summed E-state index contributed by atoms with van der Waals surface area (Å²) < 4.78 is 12.1. The van der Waals surface area contributed by atoms with E-state index in [0.717, 1.165) is 10.5 Å². The Balaban J connectivity index is 1.49. The lowest BCUT2D eigenvalue weighted by atomic mass is 10.1. The van der Waals surface area contributed by atoms with Crippen molar-refractivity contribution >= 4 is 51.2 Å². The third kappa shape index (κ3) is 6.83. The van der Waals surface area contributed by atoms with E-state index in [1.807, 2.05) is 19.1 Å². The van der Waals surface area contributed by atoms with Crippen molar-refractivity contribution in [3.05, 3.63) is 97.6 Å². The van der Waals surface area contributed by atoms with Gasteiger partial charge in [0, 0.05) is 17.8 Å². The minimum absolute atomic E-state index is 0.00671. The molecule has 4 amide bonds. The molecule has 206 valence electrons. The van der Waals surface area contributed by atoms with Gasteiger partial charge in [0.05, 0.1) is 16.0 Å². The zero-order chi connectivity index (χ0) is 28.8. The van der Waals surface area contributed by atoms with E-state index in [-0.39, 0.29) is 18.0 Å². The molecule has 3 aromatic rings. The highest BCUT2D eigenvalue weighted by Crippen LogP contribution is 2.38. The SMILES string of the molecule is CCOc1cc(/C=C2/NC(=O)N(CC(=O)Nc3ccc(C)cc3)C2=O)cc(Br)c1OCc1cccc([N+](=O)[O-])c1. The Morgan fingerprint density at radius 2 is 1.88 bits per heavy atom. The molecule has 0 atom stereocenters. The molecule has 0 bridgehead atoms. The molecule has 0 saturated carbocycles. The van der Waals surface area contributed by atoms with E-state index in [4.69, 9.17) is 9.47 Å². The average molecular weight is 609 g/mol. The maximum Gasteiger partial charge on any atom is 0.329 e. The van der Waals surface area contributed by atoms with Gasteiger partial charge >= 0.3 is 6.03 Å². The topological polar surface area (TPSA) is 140 Å². The number of ether oxygens (including phenoxy) is 2. The van der Waals surface area contributed by atoms with Crippen molar-refractivity contribution in [2.24, 2.45) is 0 Å². The monoisotopic (exact) mass is 608 g/mol. The number of imide groups is 1. The van der Waals surface area contributed by atoms with Crippen LogP contribution in [0.25, 0.3) is 6.08 Å². The van der Waals surface area contributed by atoms with Gasteiger partial charge in [-0.2, -0.15) is 0 Å². The fourth-order valence-electron chi connectivity index (χ4n) is 3.85. The predicted octanol–water partition coefficient (Wildman–Crippen LogP) is 5.17. The summed E-state index contributed by atoms with van der Waals surface area (Å²) in [4.78, 5) is 49.3. The smallest absolute Gasteiger partial charge is 0.329 e. The van der Waals surface area contributed by atoms with E-state index < -0.39 is 29.3 Å². The van der Waals surface area contributed by atoms with Crippen LogP contribution in [0, 0.1) is 17.0 Å². The molecule has 40 heavy (non-hydrogen) atoms. The molecule has 0 radical (unpaired) electrons. The fourth-order valence-corrected chi connectivity index (χ4v) is 4.43. The number of carbonyl (C=O) groups is 3. The van der Waals surface area contributed by atoms with Gasteiger partial charge in [0.2, 0.25) is 5.91 Å². The van der Waals surface area contributed by atoms with Crippen LogP contribution in [-0.4, -0.2) is 40.8 Å². The van der Waals surface area contributed by atoms with Crippen LogP contribution in [0.2, 0.25) is 0 Å². The molecule has 0 aliphatic carbocycles. The van der Waals surface area contributed by atoms with Crippen LogP contribution in [0.4, 0.5) is 16.2 Å². The molecular formula is C28H25BrN4O7. The van der Waals surface area contributed by atoms with E-state index in [9.17, 15) is 24.5 Å². The minimum Gasteiger partial charge on any atom is -0.490 e. The predicted molar refractivity (Wildman–Crippen MR) is 151 cm³/mol. The number of aryl methyl sites for hydroxylation is 1. The summed E-state index contributed by atoms with van der Waals surface area (Å²) in [5.41, 5.74) is 2.65. The first kappa shape index (κ1) is 28.3. The summed E-state index contributed by atoms with van der Waals surface area (Å²) >= 11 is 3.46. The van der Waals surface area contributed by atoms with Crippen molar-refractivity contribution in [3.63, 3.8) is 0 Å². The quantitative estimate of drug-likeness (QED) is 0.140. The second-order valence-corrected chi connectivity index (χ2v) is 9.63. The number of nitro groups is 1. The Hall–Kier alpha value is -4.71. The number of hydrogen-bond acceptors (Lipinski definition) is 7. The van der Waals surface area contributed by atoms with Gasteiger partial charge < -0.3 is 20.1 Å². The van der Waals surface area contributed by atoms with Crippen molar-refractivity contribution in [2.75, 3.05) is 18.5 Å². The molecule has 12 heteroatoms. The lowest BCUT2D eigenvalue weighted by Gasteiger charge is -2.15. The van der Waals surface area contributed by atoms with Gasteiger partial charge in [-0.05, 0) is 71.2 Å². The molecule has 1 aliphatic rings. The summed E-state index contributed by atoms with van der Waals surface area (Å²) in [7, 11) is 0. The van der Waals surface area contributed by atoms with Crippen LogP contribution in [0.1, 0.15) is 23.6 Å². The molecule has 1 aliphatic heterocycles. The number of hydrogen-bond donors (Lipinski definition) is 2. The van der Waals surface area contributed by atoms with Crippen molar-refractivity contribution in [1.82, 2.24) is 10.2 Å². The highest BCUT2D eigenvalue weighted by atomic mass is 79.9. The van der Waals surface area contributed by atoms with Crippen LogP contribution >= 0.6 is 15.9 Å². The second kappa shape index (κ2) is 12.4. The number of non-ortho nitro benzene ring substituents is 1. The second-order valence-electron chi connectivity index (χ2n) is 8.77. The molecular weight excluding hydrogens is 584 g/mol. The Morgan fingerprint density at radius 3 is 2.58 bits per heavy atom. The molecule has 2 N–H and O–H groups in total. The molecule has 0 unspecified atom stereocenters. The number of nitrogens with zero attached hydrogens (tertiary/aromatic N) is 2. The van der Waals surface area contributed by atoms with Crippen molar-refractivity contribution in [2.45, 2.75) is 20.5 Å². The van der Waals surface area contributed by atoms with E-state index in [1.54, 1.807) is 43.3 Å². The molecule has 3 aromatic carbocycles. The third-order valence-corrected chi connectivity index (χ3v) is 6.34. The highest BCUT2D eigenvalue weighted by molar-refractivity contribution is 9.10. The molecule has 0 spiro atoms. The minimum atomic E-state index is -0.712. The number of halogens is 1. The van der Waals surface area contributed by atoms with Crippen LogP contribution in [0.15, 0.2) is 70.8 Å². The third-order valence-electron chi connectivity index (χ3n) is 5.75. The van der Waals surface area contributed by atoms with E-state index in [2.05, 4.69) is 26.6 Å². The van der Waals surface area contributed by atoms with Gasteiger partial charge in [0.25, 0.3) is 11.6 Å². The summed E-state index contributed by atoms with van der Waals surface area (Å²) in [6, 6.07) is 15.8. The van der Waals surface area contributed by atoms with Gasteiger partial charge in [-0.3, -0.25) is 19.7 Å².